The molecule has 0 saturated heterocycles. The molecular weight excluding hydrogens is 184 g/mol. The highest BCUT2D eigenvalue weighted by molar-refractivity contribution is 4.99. The molecule has 2 atom stereocenters. The number of hydrogen-bond acceptors (Lipinski definition) is 1. The molecular formula is C11H21F2N. The smallest absolute Gasteiger partial charge is 0.256 e. The fourth-order valence-electron chi connectivity index (χ4n) is 2.84. The van der Waals surface area contributed by atoms with Crippen LogP contribution in [0, 0.1) is 11.8 Å². The van der Waals surface area contributed by atoms with Crippen LogP contribution < -0.4 is 5.32 Å². The third kappa shape index (κ3) is 1.92. The molecule has 1 rings (SSSR count). The summed E-state index contributed by atoms with van der Waals surface area (Å²) in [6.07, 6.45) is 1.32. The van der Waals surface area contributed by atoms with Gasteiger partial charge in [0.25, 0.3) is 6.43 Å². The Kier molecular flexibility index (Phi) is 3.87. The normalized spacial score (nSPS) is 34.1. The lowest BCUT2D eigenvalue weighted by atomic mass is 9.68. The third-order valence-electron chi connectivity index (χ3n) is 3.68. The Morgan fingerprint density at radius 3 is 2.29 bits per heavy atom. The van der Waals surface area contributed by atoms with E-state index < -0.39 is 12.0 Å². The maximum atomic E-state index is 13.1. The topological polar surface area (TPSA) is 12.0 Å². The molecule has 0 aliphatic heterocycles. The standard InChI is InChI=1S/C11H21F2N/c1-8(2)9-6-4-5-7-11(9,14-3)10(12)13/h8-10,14H,4-7H2,1-3H3. The van der Waals surface area contributed by atoms with Crippen molar-refractivity contribution in [3.05, 3.63) is 0 Å². The van der Waals surface area contributed by atoms with Crippen LogP contribution in [-0.2, 0) is 0 Å². The molecule has 1 saturated carbocycles. The van der Waals surface area contributed by atoms with E-state index in [1.807, 2.05) is 13.8 Å². The van der Waals surface area contributed by atoms with Gasteiger partial charge in [-0.3, -0.25) is 0 Å². The van der Waals surface area contributed by atoms with Gasteiger partial charge in [0.15, 0.2) is 0 Å². The van der Waals surface area contributed by atoms with Crippen molar-refractivity contribution < 1.29 is 8.78 Å². The zero-order valence-corrected chi connectivity index (χ0v) is 9.32. The molecule has 1 nitrogen and oxygen atoms in total. The summed E-state index contributed by atoms with van der Waals surface area (Å²) in [5.74, 6) is 0.443. The summed E-state index contributed by atoms with van der Waals surface area (Å²) < 4.78 is 26.2. The predicted molar refractivity (Wildman–Crippen MR) is 54.6 cm³/mol. The molecule has 1 aliphatic carbocycles. The molecule has 84 valence electrons. The summed E-state index contributed by atoms with van der Waals surface area (Å²) in [5, 5.41) is 2.90. The van der Waals surface area contributed by atoms with Crippen molar-refractivity contribution in [2.75, 3.05) is 7.05 Å². The van der Waals surface area contributed by atoms with E-state index in [0.29, 0.717) is 12.3 Å². The molecule has 0 aromatic carbocycles. The molecule has 14 heavy (non-hydrogen) atoms. The van der Waals surface area contributed by atoms with Crippen LogP contribution in [0.1, 0.15) is 39.5 Å². The Morgan fingerprint density at radius 1 is 1.29 bits per heavy atom. The van der Waals surface area contributed by atoms with Gasteiger partial charge in [0.05, 0.1) is 5.54 Å². The van der Waals surface area contributed by atoms with Gasteiger partial charge in [-0.2, -0.15) is 0 Å². The molecule has 0 aromatic heterocycles. The van der Waals surface area contributed by atoms with E-state index in [1.165, 1.54) is 0 Å². The van der Waals surface area contributed by atoms with Crippen LogP contribution in [0.25, 0.3) is 0 Å². The monoisotopic (exact) mass is 205 g/mol. The zero-order chi connectivity index (χ0) is 10.8. The van der Waals surface area contributed by atoms with E-state index in [4.69, 9.17) is 0 Å². The van der Waals surface area contributed by atoms with Crippen molar-refractivity contribution in [1.82, 2.24) is 5.32 Å². The molecule has 3 heteroatoms. The summed E-state index contributed by atoms with van der Waals surface area (Å²) in [4.78, 5) is 0. The number of nitrogens with one attached hydrogen (secondary N) is 1. The highest BCUT2D eigenvalue weighted by Gasteiger charge is 2.47. The fraction of sp³-hybridized carbons (Fsp3) is 1.00. The van der Waals surface area contributed by atoms with E-state index in [0.717, 1.165) is 19.3 Å². The van der Waals surface area contributed by atoms with E-state index in [9.17, 15) is 8.78 Å². The quantitative estimate of drug-likeness (QED) is 0.746. The van der Waals surface area contributed by atoms with Gasteiger partial charge >= 0.3 is 0 Å². The molecule has 1 fully saturated rings. The first-order valence-electron chi connectivity index (χ1n) is 5.51. The van der Waals surface area contributed by atoms with Gasteiger partial charge in [-0.25, -0.2) is 8.78 Å². The lowest BCUT2D eigenvalue weighted by Gasteiger charge is -2.45. The minimum Gasteiger partial charge on any atom is -0.309 e. The van der Waals surface area contributed by atoms with E-state index in [2.05, 4.69) is 5.32 Å². The first-order valence-corrected chi connectivity index (χ1v) is 5.51. The molecule has 0 spiro atoms. The zero-order valence-electron chi connectivity index (χ0n) is 9.32. The minimum atomic E-state index is -2.25. The van der Waals surface area contributed by atoms with Crippen LogP contribution in [0.4, 0.5) is 8.78 Å². The SMILES string of the molecule is CNC1(C(F)F)CCCCC1C(C)C. The second-order valence-corrected chi connectivity index (χ2v) is 4.69. The van der Waals surface area contributed by atoms with Crippen molar-refractivity contribution in [2.45, 2.75) is 51.5 Å². The van der Waals surface area contributed by atoms with Crippen molar-refractivity contribution in [3.63, 3.8) is 0 Å². The number of halogens is 2. The highest BCUT2D eigenvalue weighted by atomic mass is 19.3. The summed E-state index contributed by atoms with van der Waals surface area (Å²) >= 11 is 0. The Labute approximate surface area is 85.3 Å². The Morgan fingerprint density at radius 2 is 1.93 bits per heavy atom. The van der Waals surface area contributed by atoms with Crippen molar-refractivity contribution in [3.8, 4) is 0 Å². The lowest BCUT2D eigenvalue weighted by molar-refractivity contribution is -0.0396. The summed E-state index contributed by atoms with van der Waals surface area (Å²) in [6.45, 7) is 4.09. The number of alkyl halides is 2. The van der Waals surface area contributed by atoms with E-state index in [-0.39, 0.29) is 5.92 Å². The average Bonchev–Trinajstić information content (AvgIpc) is 2.17. The molecule has 2 unspecified atom stereocenters. The predicted octanol–water partition coefficient (Wildman–Crippen LogP) is 3.06. The summed E-state index contributed by atoms with van der Waals surface area (Å²) in [7, 11) is 1.67. The largest absolute Gasteiger partial charge is 0.309 e. The molecule has 0 radical (unpaired) electrons. The minimum absolute atomic E-state index is 0.112. The summed E-state index contributed by atoms with van der Waals surface area (Å²) in [6, 6.07) is 0. The van der Waals surface area contributed by atoms with Crippen LogP contribution in [0.5, 0.6) is 0 Å². The third-order valence-corrected chi connectivity index (χ3v) is 3.68. The van der Waals surface area contributed by atoms with Gasteiger partial charge in [0.2, 0.25) is 0 Å². The van der Waals surface area contributed by atoms with Crippen molar-refractivity contribution in [1.29, 1.82) is 0 Å². The molecule has 1 N–H and O–H groups in total. The maximum Gasteiger partial charge on any atom is 0.256 e. The van der Waals surface area contributed by atoms with Gasteiger partial charge in [0, 0.05) is 0 Å². The molecule has 0 aromatic rings. The Hall–Kier alpha value is -0.180. The van der Waals surface area contributed by atoms with E-state index >= 15 is 0 Å². The van der Waals surface area contributed by atoms with Gasteiger partial charge < -0.3 is 5.32 Å². The van der Waals surface area contributed by atoms with Crippen LogP contribution in [-0.4, -0.2) is 19.0 Å². The maximum absolute atomic E-state index is 13.1. The van der Waals surface area contributed by atoms with Gasteiger partial charge in [-0.15, -0.1) is 0 Å². The first kappa shape index (κ1) is 11.9. The molecule has 0 bridgehead atoms. The number of rotatable bonds is 3. The lowest BCUT2D eigenvalue weighted by Crippen LogP contribution is -2.58. The van der Waals surface area contributed by atoms with Crippen molar-refractivity contribution >= 4 is 0 Å². The highest BCUT2D eigenvalue weighted by Crippen LogP contribution is 2.41. The second-order valence-electron chi connectivity index (χ2n) is 4.69. The van der Waals surface area contributed by atoms with Crippen LogP contribution >= 0.6 is 0 Å². The fourth-order valence-corrected chi connectivity index (χ4v) is 2.84. The van der Waals surface area contributed by atoms with Crippen LogP contribution in [0.2, 0.25) is 0 Å². The average molecular weight is 205 g/mol. The molecule has 0 heterocycles. The van der Waals surface area contributed by atoms with Crippen LogP contribution in [0.3, 0.4) is 0 Å². The van der Waals surface area contributed by atoms with Crippen LogP contribution in [0.15, 0.2) is 0 Å². The van der Waals surface area contributed by atoms with E-state index in [1.54, 1.807) is 7.05 Å². The Bertz CT molecular complexity index is 182. The molecule has 0 amide bonds. The summed E-state index contributed by atoms with van der Waals surface area (Å²) in [5.41, 5.74) is -0.924. The first-order chi connectivity index (χ1) is 6.54. The Balaban J connectivity index is 2.87. The van der Waals surface area contributed by atoms with Gasteiger partial charge in [-0.1, -0.05) is 26.7 Å². The van der Waals surface area contributed by atoms with Gasteiger partial charge in [-0.05, 0) is 31.7 Å². The number of hydrogen-bond donors (Lipinski definition) is 1. The second kappa shape index (κ2) is 4.56. The molecule has 1 aliphatic rings. The van der Waals surface area contributed by atoms with Crippen molar-refractivity contribution in [2.24, 2.45) is 11.8 Å². The van der Waals surface area contributed by atoms with Gasteiger partial charge in [0.1, 0.15) is 0 Å².